The minimum absolute atomic E-state index is 0.367. The minimum Gasteiger partial charge on any atom is -0.289 e. The summed E-state index contributed by atoms with van der Waals surface area (Å²) in [5.74, 6) is 0.801. The summed E-state index contributed by atoms with van der Waals surface area (Å²) in [6.07, 6.45) is 7.46. The van der Waals surface area contributed by atoms with Gasteiger partial charge >= 0.3 is 0 Å². The quantitative estimate of drug-likeness (QED) is 0.738. The molecule has 4 heterocycles. The first kappa shape index (κ1) is 14.8. The maximum atomic E-state index is 4.81. The number of piperidine rings is 1. The zero-order chi connectivity index (χ0) is 15.8. The number of hydrogen-bond acceptors (Lipinski definition) is 5. The van der Waals surface area contributed by atoms with Crippen molar-refractivity contribution in [2.24, 2.45) is 0 Å². The van der Waals surface area contributed by atoms with E-state index in [4.69, 9.17) is 4.98 Å². The van der Waals surface area contributed by atoms with E-state index in [2.05, 4.69) is 40.2 Å². The number of fused-ring (bicyclic) bond motifs is 1. The van der Waals surface area contributed by atoms with Gasteiger partial charge in [-0.2, -0.15) is 0 Å². The van der Waals surface area contributed by atoms with Gasteiger partial charge in [0, 0.05) is 30.0 Å². The maximum absolute atomic E-state index is 4.81. The van der Waals surface area contributed by atoms with Gasteiger partial charge in [-0.15, -0.1) is 11.3 Å². The summed E-state index contributed by atoms with van der Waals surface area (Å²) >= 11 is 1.73. The molecule has 3 aromatic heterocycles. The van der Waals surface area contributed by atoms with E-state index < -0.39 is 0 Å². The van der Waals surface area contributed by atoms with Crippen molar-refractivity contribution in [1.29, 1.82) is 0 Å². The molecular weight excluding hydrogens is 306 g/mol. The van der Waals surface area contributed by atoms with Crippen molar-refractivity contribution in [2.45, 2.75) is 45.7 Å². The normalized spacial score (nSPS) is 19.5. The van der Waals surface area contributed by atoms with E-state index in [-0.39, 0.29) is 0 Å². The first-order chi connectivity index (χ1) is 11.2. The molecule has 1 atom stereocenters. The van der Waals surface area contributed by atoms with Crippen LogP contribution in [0.15, 0.2) is 23.8 Å². The van der Waals surface area contributed by atoms with Crippen LogP contribution in [0.2, 0.25) is 0 Å². The average Bonchev–Trinajstić information content (AvgIpc) is 3.17. The summed E-state index contributed by atoms with van der Waals surface area (Å²) in [6, 6.07) is 2.58. The van der Waals surface area contributed by atoms with Gasteiger partial charge in [0.15, 0.2) is 0 Å². The second kappa shape index (κ2) is 6.02. The summed E-state index contributed by atoms with van der Waals surface area (Å²) in [5, 5.41) is 3.32. The van der Waals surface area contributed by atoms with Crippen LogP contribution in [-0.4, -0.2) is 30.8 Å². The summed E-state index contributed by atoms with van der Waals surface area (Å²) < 4.78 is 2.04. The molecule has 0 spiro atoms. The number of imidazole rings is 1. The molecule has 0 amide bonds. The van der Waals surface area contributed by atoms with E-state index in [0.717, 1.165) is 36.0 Å². The second-order valence-electron chi connectivity index (χ2n) is 6.26. The van der Waals surface area contributed by atoms with Crippen LogP contribution >= 0.6 is 11.3 Å². The fourth-order valence-corrected chi connectivity index (χ4v) is 4.06. The number of aryl methyl sites for hydroxylation is 2. The van der Waals surface area contributed by atoms with Crippen molar-refractivity contribution in [3.63, 3.8) is 0 Å². The van der Waals surface area contributed by atoms with Crippen LogP contribution in [0.25, 0.3) is 5.78 Å². The summed E-state index contributed by atoms with van der Waals surface area (Å²) in [6.45, 7) is 6.22. The molecule has 0 aliphatic carbocycles. The van der Waals surface area contributed by atoms with Gasteiger partial charge in [0.1, 0.15) is 0 Å². The fourth-order valence-electron chi connectivity index (χ4n) is 3.46. The van der Waals surface area contributed by atoms with Crippen LogP contribution in [0.1, 0.15) is 47.4 Å². The number of hydrogen-bond donors (Lipinski definition) is 0. The highest BCUT2D eigenvalue weighted by molar-refractivity contribution is 7.09. The molecule has 120 valence electrons. The largest absolute Gasteiger partial charge is 0.289 e. The van der Waals surface area contributed by atoms with Crippen LogP contribution in [0.5, 0.6) is 0 Å². The molecule has 4 rings (SSSR count). The summed E-state index contributed by atoms with van der Waals surface area (Å²) in [5.41, 5.74) is 3.52. The molecular formula is C17H21N5S. The Bertz CT molecular complexity index is 821. The van der Waals surface area contributed by atoms with Crippen molar-refractivity contribution in [3.8, 4) is 0 Å². The first-order valence-electron chi connectivity index (χ1n) is 8.16. The van der Waals surface area contributed by atoms with Crippen molar-refractivity contribution in [2.75, 3.05) is 6.54 Å². The Labute approximate surface area is 140 Å². The van der Waals surface area contributed by atoms with E-state index >= 15 is 0 Å². The van der Waals surface area contributed by atoms with Gasteiger partial charge < -0.3 is 0 Å². The van der Waals surface area contributed by atoms with Crippen molar-refractivity contribution in [3.05, 3.63) is 45.9 Å². The van der Waals surface area contributed by atoms with E-state index in [1.165, 1.54) is 24.2 Å². The van der Waals surface area contributed by atoms with E-state index in [1.807, 2.05) is 16.8 Å². The number of aromatic nitrogens is 4. The van der Waals surface area contributed by atoms with Gasteiger partial charge in [0.05, 0.1) is 22.4 Å². The topological polar surface area (TPSA) is 46.3 Å². The van der Waals surface area contributed by atoms with Gasteiger partial charge in [0.2, 0.25) is 5.78 Å². The zero-order valence-electron chi connectivity index (χ0n) is 13.6. The Morgan fingerprint density at radius 3 is 3.00 bits per heavy atom. The Morgan fingerprint density at radius 1 is 1.26 bits per heavy atom. The smallest absolute Gasteiger partial charge is 0.234 e. The Balaban J connectivity index is 1.65. The highest BCUT2D eigenvalue weighted by Crippen LogP contribution is 2.31. The first-order valence-corrected chi connectivity index (χ1v) is 9.04. The molecule has 0 aromatic carbocycles. The van der Waals surface area contributed by atoms with Gasteiger partial charge in [0.25, 0.3) is 0 Å². The molecule has 1 aliphatic rings. The Hall–Kier alpha value is -1.79. The predicted molar refractivity (Wildman–Crippen MR) is 91.6 cm³/mol. The molecule has 0 radical (unpaired) electrons. The zero-order valence-corrected chi connectivity index (χ0v) is 14.4. The number of nitrogens with zero attached hydrogens (tertiary/aromatic N) is 5. The third kappa shape index (κ3) is 2.88. The van der Waals surface area contributed by atoms with Crippen LogP contribution in [0.3, 0.4) is 0 Å². The molecule has 0 bridgehead atoms. The highest BCUT2D eigenvalue weighted by atomic mass is 32.1. The lowest BCUT2D eigenvalue weighted by molar-refractivity contribution is 0.136. The van der Waals surface area contributed by atoms with Gasteiger partial charge in [-0.1, -0.05) is 6.42 Å². The Morgan fingerprint density at radius 2 is 2.17 bits per heavy atom. The fraction of sp³-hybridized carbons (Fsp3) is 0.471. The van der Waals surface area contributed by atoms with E-state index in [9.17, 15) is 0 Å². The summed E-state index contributed by atoms with van der Waals surface area (Å²) in [4.78, 5) is 16.3. The van der Waals surface area contributed by atoms with Gasteiger partial charge in [-0.05, 0) is 39.3 Å². The molecule has 23 heavy (non-hydrogen) atoms. The lowest BCUT2D eigenvalue weighted by Crippen LogP contribution is -2.33. The van der Waals surface area contributed by atoms with Gasteiger partial charge in [-0.3, -0.25) is 9.30 Å². The summed E-state index contributed by atoms with van der Waals surface area (Å²) in [7, 11) is 0. The monoisotopic (exact) mass is 327 g/mol. The average molecular weight is 327 g/mol. The van der Waals surface area contributed by atoms with Crippen LogP contribution in [-0.2, 0) is 6.54 Å². The molecule has 0 unspecified atom stereocenters. The van der Waals surface area contributed by atoms with Crippen molar-refractivity contribution >= 4 is 17.1 Å². The molecule has 0 N–H and O–H groups in total. The van der Waals surface area contributed by atoms with Crippen molar-refractivity contribution in [1.82, 2.24) is 24.3 Å². The van der Waals surface area contributed by atoms with Crippen LogP contribution in [0, 0.1) is 13.8 Å². The molecule has 1 saturated heterocycles. The van der Waals surface area contributed by atoms with E-state index in [0.29, 0.717) is 6.04 Å². The molecule has 6 heteroatoms. The second-order valence-corrected chi connectivity index (χ2v) is 7.32. The third-order valence-corrected chi connectivity index (χ3v) is 5.40. The predicted octanol–water partition coefficient (Wildman–Crippen LogP) is 3.53. The molecule has 3 aromatic rings. The van der Waals surface area contributed by atoms with Gasteiger partial charge in [-0.25, -0.2) is 15.0 Å². The number of rotatable bonds is 3. The lowest BCUT2D eigenvalue weighted by atomic mass is 9.98. The number of thiazole rings is 1. The SMILES string of the molecule is Cc1nc(CN2CCCC[C@@H]2c2cc(C)n3ccnc3n2)cs1. The van der Waals surface area contributed by atoms with Crippen molar-refractivity contribution < 1.29 is 0 Å². The Kier molecular flexibility index (Phi) is 3.87. The standard InChI is InChI=1S/C17H21N5S/c1-12-9-15(20-17-18-6-8-22(12)17)16-5-3-4-7-21(16)10-14-11-23-13(2)19-14/h6,8-9,11,16H,3-5,7,10H2,1-2H3/t16-/m1/s1. The molecule has 5 nitrogen and oxygen atoms in total. The molecule has 1 fully saturated rings. The lowest BCUT2D eigenvalue weighted by Gasteiger charge is -2.35. The van der Waals surface area contributed by atoms with Crippen LogP contribution in [0.4, 0.5) is 0 Å². The molecule has 1 aliphatic heterocycles. The molecule has 0 saturated carbocycles. The number of likely N-dealkylation sites (tertiary alicyclic amines) is 1. The van der Waals surface area contributed by atoms with E-state index in [1.54, 1.807) is 11.3 Å². The third-order valence-electron chi connectivity index (χ3n) is 4.57. The van der Waals surface area contributed by atoms with Crippen LogP contribution < -0.4 is 0 Å². The minimum atomic E-state index is 0.367. The highest BCUT2D eigenvalue weighted by Gasteiger charge is 2.26. The maximum Gasteiger partial charge on any atom is 0.234 e.